The number of aryl methyl sites for hydroxylation is 1. The van der Waals surface area contributed by atoms with Crippen molar-refractivity contribution in [1.29, 1.82) is 0 Å². The molecule has 2 amide bonds. The van der Waals surface area contributed by atoms with Crippen molar-refractivity contribution in [2.24, 2.45) is 0 Å². The molecule has 28 heavy (non-hydrogen) atoms. The quantitative estimate of drug-likeness (QED) is 0.712. The molecular weight excluding hydrogens is 357 g/mol. The molecule has 0 spiro atoms. The molecule has 0 aliphatic heterocycles. The highest BCUT2D eigenvalue weighted by atomic mass is 19.1. The maximum absolute atomic E-state index is 13.1. The number of imidazole rings is 1. The molecule has 1 aliphatic carbocycles. The van der Waals surface area contributed by atoms with Crippen LogP contribution in [0.4, 0.5) is 9.18 Å². The first kappa shape index (κ1) is 18.2. The van der Waals surface area contributed by atoms with E-state index in [1.54, 1.807) is 24.5 Å². The van der Waals surface area contributed by atoms with E-state index in [4.69, 9.17) is 0 Å². The van der Waals surface area contributed by atoms with Gasteiger partial charge in [-0.1, -0.05) is 12.1 Å². The fourth-order valence-corrected chi connectivity index (χ4v) is 3.14. The van der Waals surface area contributed by atoms with Crippen molar-refractivity contribution < 1.29 is 9.18 Å². The number of carbonyl (C=O) groups excluding carboxylic acids is 1. The average molecular weight is 379 g/mol. The largest absolute Gasteiger partial charge is 0.334 e. The van der Waals surface area contributed by atoms with E-state index in [9.17, 15) is 9.18 Å². The van der Waals surface area contributed by atoms with Crippen molar-refractivity contribution in [2.45, 2.75) is 38.9 Å². The predicted molar refractivity (Wildman–Crippen MR) is 103 cm³/mol. The van der Waals surface area contributed by atoms with Crippen LogP contribution in [0, 0.1) is 12.7 Å². The Labute approximate surface area is 163 Å². The Morgan fingerprint density at radius 2 is 1.96 bits per heavy atom. The van der Waals surface area contributed by atoms with E-state index >= 15 is 0 Å². The Balaban J connectivity index is 1.41. The summed E-state index contributed by atoms with van der Waals surface area (Å²) in [5, 5.41) is 3.00. The van der Waals surface area contributed by atoms with Crippen molar-refractivity contribution in [3.05, 3.63) is 77.8 Å². The Morgan fingerprint density at radius 3 is 2.64 bits per heavy atom. The van der Waals surface area contributed by atoms with E-state index in [-0.39, 0.29) is 17.9 Å². The topological polar surface area (TPSA) is 63.1 Å². The van der Waals surface area contributed by atoms with Gasteiger partial charge in [0.05, 0.1) is 0 Å². The third-order valence-electron chi connectivity index (χ3n) is 4.84. The molecule has 144 valence electrons. The van der Waals surface area contributed by atoms with Crippen molar-refractivity contribution in [3.8, 4) is 5.82 Å². The van der Waals surface area contributed by atoms with Crippen LogP contribution in [0.3, 0.4) is 0 Å². The van der Waals surface area contributed by atoms with Gasteiger partial charge in [0.25, 0.3) is 0 Å². The molecule has 2 heterocycles. The third-order valence-corrected chi connectivity index (χ3v) is 4.84. The highest BCUT2D eigenvalue weighted by Gasteiger charge is 2.32. The van der Waals surface area contributed by atoms with Crippen LogP contribution in [0.1, 0.15) is 29.8 Å². The lowest BCUT2D eigenvalue weighted by Gasteiger charge is -2.23. The van der Waals surface area contributed by atoms with Crippen LogP contribution in [0.15, 0.2) is 55.0 Å². The Hall–Kier alpha value is -3.22. The van der Waals surface area contributed by atoms with Gasteiger partial charge in [0.2, 0.25) is 0 Å². The van der Waals surface area contributed by atoms with Gasteiger partial charge < -0.3 is 10.2 Å². The van der Waals surface area contributed by atoms with Gasteiger partial charge in [0, 0.05) is 37.7 Å². The molecule has 1 aliphatic rings. The average Bonchev–Trinajstić information content (AvgIpc) is 3.46. The first-order chi connectivity index (χ1) is 13.6. The van der Waals surface area contributed by atoms with Crippen molar-refractivity contribution in [1.82, 2.24) is 24.8 Å². The van der Waals surface area contributed by atoms with Gasteiger partial charge in [0.1, 0.15) is 17.5 Å². The second-order valence-electron chi connectivity index (χ2n) is 7.01. The molecule has 2 aromatic heterocycles. The molecule has 0 radical (unpaired) electrons. The fraction of sp³-hybridized carbons (Fsp3) is 0.286. The van der Waals surface area contributed by atoms with Crippen molar-refractivity contribution >= 4 is 6.03 Å². The molecule has 1 aromatic carbocycles. The molecular formula is C21H22FN5O. The normalized spacial score (nSPS) is 13.4. The number of aromatic nitrogens is 3. The van der Waals surface area contributed by atoms with Gasteiger partial charge >= 0.3 is 6.03 Å². The second kappa shape index (κ2) is 7.80. The number of carbonyl (C=O) groups is 1. The van der Waals surface area contributed by atoms with Gasteiger partial charge in [-0.25, -0.2) is 19.2 Å². The number of rotatable bonds is 6. The number of halogens is 1. The number of hydrogen-bond acceptors (Lipinski definition) is 3. The Bertz CT molecular complexity index is 965. The molecule has 0 bridgehead atoms. The minimum Gasteiger partial charge on any atom is -0.334 e. The number of hydrogen-bond donors (Lipinski definition) is 1. The molecule has 3 aromatic rings. The van der Waals surface area contributed by atoms with Gasteiger partial charge in [-0.15, -0.1) is 0 Å². The number of pyridine rings is 1. The van der Waals surface area contributed by atoms with Crippen LogP contribution in [-0.2, 0) is 13.1 Å². The van der Waals surface area contributed by atoms with E-state index < -0.39 is 0 Å². The van der Waals surface area contributed by atoms with Crippen LogP contribution < -0.4 is 5.32 Å². The van der Waals surface area contributed by atoms with Crippen LogP contribution in [0.5, 0.6) is 0 Å². The summed E-state index contributed by atoms with van der Waals surface area (Å²) in [6, 6.07) is 10.3. The molecule has 1 N–H and O–H groups in total. The number of amides is 2. The second-order valence-corrected chi connectivity index (χ2v) is 7.01. The molecule has 0 atom stereocenters. The Morgan fingerprint density at radius 1 is 1.18 bits per heavy atom. The molecule has 0 unspecified atom stereocenters. The van der Waals surface area contributed by atoms with Crippen LogP contribution in [0.2, 0.25) is 0 Å². The summed E-state index contributed by atoms with van der Waals surface area (Å²) < 4.78 is 15.0. The number of nitrogens with one attached hydrogen (secondary N) is 1. The summed E-state index contributed by atoms with van der Waals surface area (Å²) in [5.41, 5.74) is 1.88. The van der Waals surface area contributed by atoms with E-state index in [1.807, 2.05) is 34.7 Å². The van der Waals surface area contributed by atoms with Crippen molar-refractivity contribution in [3.63, 3.8) is 0 Å². The zero-order valence-electron chi connectivity index (χ0n) is 15.7. The standard InChI is InChI=1S/C21H22FN5O/c1-15-23-10-11-26(15)20-12-17(8-9-24-20)13-25-21(28)27(19-6-7-19)14-16-2-4-18(22)5-3-16/h2-5,8-12,19H,6-7,13-14H2,1H3,(H,25,28). The monoisotopic (exact) mass is 379 g/mol. The van der Waals surface area contributed by atoms with Gasteiger partial charge in [-0.2, -0.15) is 0 Å². The predicted octanol–water partition coefficient (Wildman–Crippen LogP) is 3.59. The lowest BCUT2D eigenvalue weighted by molar-refractivity contribution is 0.191. The first-order valence-electron chi connectivity index (χ1n) is 9.34. The molecule has 1 saturated carbocycles. The SMILES string of the molecule is Cc1nccn1-c1cc(CNC(=O)N(Cc2ccc(F)cc2)C2CC2)ccn1. The maximum atomic E-state index is 13.1. The molecule has 4 rings (SSSR count). The van der Waals surface area contributed by atoms with Gasteiger partial charge in [0.15, 0.2) is 0 Å². The van der Waals surface area contributed by atoms with Gasteiger partial charge in [-0.3, -0.25) is 4.57 Å². The highest BCUT2D eigenvalue weighted by Crippen LogP contribution is 2.28. The van der Waals surface area contributed by atoms with E-state index in [0.29, 0.717) is 13.1 Å². The maximum Gasteiger partial charge on any atom is 0.318 e. The van der Waals surface area contributed by atoms with Crippen molar-refractivity contribution in [2.75, 3.05) is 0 Å². The van der Waals surface area contributed by atoms with E-state index in [2.05, 4.69) is 15.3 Å². The number of urea groups is 1. The summed E-state index contributed by atoms with van der Waals surface area (Å²) in [7, 11) is 0. The third kappa shape index (κ3) is 4.19. The minimum atomic E-state index is -0.271. The summed E-state index contributed by atoms with van der Waals surface area (Å²) in [6.07, 6.45) is 7.33. The molecule has 7 heteroatoms. The summed E-state index contributed by atoms with van der Waals surface area (Å²) in [4.78, 5) is 23.2. The van der Waals surface area contributed by atoms with Gasteiger partial charge in [-0.05, 0) is 55.2 Å². The molecule has 6 nitrogen and oxygen atoms in total. The first-order valence-corrected chi connectivity index (χ1v) is 9.34. The Kier molecular flexibility index (Phi) is 5.06. The van der Waals surface area contributed by atoms with Crippen LogP contribution in [-0.4, -0.2) is 31.5 Å². The minimum absolute atomic E-state index is 0.107. The van der Waals surface area contributed by atoms with Crippen LogP contribution in [0.25, 0.3) is 5.82 Å². The van der Waals surface area contributed by atoms with E-state index in [1.165, 1.54) is 12.1 Å². The summed E-state index contributed by atoms with van der Waals surface area (Å²) >= 11 is 0. The zero-order chi connectivity index (χ0) is 19.5. The smallest absolute Gasteiger partial charge is 0.318 e. The number of benzene rings is 1. The summed E-state index contributed by atoms with van der Waals surface area (Å²) in [6.45, 7) is 2.81. The lowest BCUT2D eigenvalue weighted by Crippen LogP contribution is -2.40. The van der Waals surface area contributed by atoms with E-state index in [0.717, 1.165) is 35.6 Å². The number of nitrogens with zero attached hydrogens (tertiary/aromatic N) is 4. The lowest BCUT2D eigenvalue weighted by atomic mass is 10.2. The highest BCUT2D eigenvalue weighted by molar-refractivity contribution is 5.75. The van der Waals surface area contributed by atoms with Crippen LogP contribution >= 0.6 is 0 Å². The fourth-order valence-electron chi connectivity index (χ4n) is 3.14. The molecule has 1 fully saturated rings. The zero-order valence-corrected chi connectivity index (χ0v) is 15.7. The molecule has 0 saturated heterocycles. The summed E-state index contributed by atoms with van der Waals surface area (Å²) in [5.74, 6) is 1.35.